The van der Waals surface area contributed by atoms with Crippen LogP contribution in [-0.4, -0.2) is 43.1 Å². The molecule has 42 heavy (non-hydrogen) atoms. The third-order valence-corrected chi connectivity index (χ3v) is 8.38. The van der Waals surface area contributed by atoms with E-state index in [4.69, 9.17) is 9.97 Å². The number of nitrogens with one attached hydrogen (secondary N) is 1. The lowest BCUT2D eigenvalue weighted by Gasteiger charge is -2.21. The molecule has 0 aliphatic rings. The fourth-order valence-electron chi connectivity index (χ4n) is 4.88. The zero-order valence-corrected chi connectivity index (χ0v) is 24.2. The highest BCUT2D eigenvalue weighted by molar-refractivity contribution is 7.22. The average molecular weight is 576 g/mol. The largest absolute Gasteiger partial charge is 0.360 e. The van der Waals surface area contributed by atoms with E-state index in [0.29, 0.717) is 5.69 Å². The first-order chi connectivity index (χ1) is 20.4. The van der Waals surface area contributed by atoms with Gasteiger partial charge < -0.3 is 15.1 Å². The molecule has 0 unspecified atom stereocenters. The number of fused-ring (bicyclic) bond motifs is 2. The maximum Gasteiger partial charge on any atom is 0.258 e. The molecule has 0 saturated heterocycles. The van der Waals surface area contributed by atoms with Gasteiger partial charge in [0.05, 0.1) is 21.3 Å². The number of nitrogens with zero attached hydrogens (tertiary/aromatic N) is 4. The summed E-state index contributed by atoms with van der Waals surface area (Å²) in [5.41, 5.74) is 4.08. The number of hydrogen-bond donors (Lipinski definition) is 1. The SMILES string of the molecule is CN(CCCN(C)c1nc2ccc(NC(=O)c3ccc(-c4ccccc4)cc3F)cc2s1)c1ccc2ccccc2n1. The van der Waals surface area contributed by atoms with Crippen molar-refractivity contribution in [2.45, 2.75) is 6.42 Å². The van der Waals surface area contributed by atoms with Gasteiger partial charge in [-0.1, -0.05) is 65.9 Å². The first-order valence-corrected chi connectivity index (χ1v) is 14.6. The zero-order valence-electron chi connectivity index (χ0n) is 23.4. The van der Waals surface area contributed by atoms with E-state index < -0.39 is 11.7 Å². The molecule has 0 spiro atoms. The van der Waals surface area contributed by atoms with Crippen molar-refractivity contribution >= 4 is 55.0 Å². The highest BCUT2D eigenvalue weighted by Crippen LogP contribution is 2.31. The monoisotopic (exact) mass is 575 g/mol. The van der Waals surface area contributed by atoms with Crippen LogP contribution in [0.4, 0.5) is 21.0 Å². The van der Waals surface area contributed by atoms with Crippen LogP contribution in [0, 0.1) is 5.82 Å². The van der Waals surface area contributed by atoms with Crippen molar-refractivity contribution in [3.63, 3.8) is 0 Å². The van der Waals surface area contributed by atoms with Gasteiger partial charge in [-0.05, 0) is 66.1 Å². The molecule has 0 aliphatic heterocycles. The number of carbonyl (C=O) groups is 1. The summed E-state index contributed by atoms with van der Waals surface area (Å²) in [6.45, 7) is 1.69. The van der Waals surface area contributed by atoms with Gasteiger partial charge in [-0.25, -0.2) is 14.4 Å². The van der Waals surface area contributed by atoms with E-state index in [1.165, 1.54) is 12.1 Å². The number of hydrogen-bond acceptors (Lipinski definition) is 6. The van der Waals surface area contributed by atoms with E-state index in [2.05, 4.69) is 40.4 Å². The standard InChI is InChI=1S/C34H30FN5OS/c1-39(32-18-14-24-11-6-7-12-29(24)37-32)19-8-20-40(2)34-38-30-17-15-26(22-31(30)42-34)36-33(41)27-16-13-25(21-28(27)35)23-9-4-3-5-10-23/h3-7,9-18,21-22H,8,19-20H2,1-2H3,(H,36,41). The fourth-order valence-corrected chi connectivity index (χ4v) is 5.88. The minimum atomic E-state index is -0.557. The molecule has 0 atom stereocenters. The van der Waals surface area contributed by atoms with Crippen molar-refractivity contribution in [2.24, 2.45) is 0 Å². The number of amides is 1. The molecule has 2 heterocycles. The minimum absolute atomic E-state index is 0.00311. The molecule has 0 saturated carbocycles. The smallest absolute Gasteiger partial charge is 0.258 e. The van der Waals surface area contributed by atoms with E-state index in [9.17, 15) is 9.18 Å². The number of halogens is 1. The van der Waals surface area contributed by atoms with Gasteiger partial charge in [0.1, 0.15) is 11.6 Å². The Morgan fingerprint density at radius 2 is 1.57 bits per heavy atom. The van der Waals surface area contributed by atoms with Crippen LogP contribution in [0.2, 0.25) is 0 Å². The summed E-state index contributed by atoms with van der Waals surface area (Å²) >= 11 is 1.57. The predicted molar refractivity (Wildman–Crippen MR) is 172 cm³/mol. The van der Waals surface area contributed by atoms with Gasteiger partial charge in [0.25, 0.3) is 5.91 Å². The Morgan fingerprint density at radius 1 is 0.786 bits per heavy atom. The molecule has 2 aromatic heterocycles. The normalized spacial score (nSPS) is 11.1. The van der Waals surface area contributed by atoms with Gasteiger partial charge in [-0.3, -0.25) is 4.79 Å². The molecule has 6 aromatic rings. The fraction of sp³-hybridized carbons (Fsp3) is 0.147. The van der Waals surface area contributed by atoms with Gasteiger partial charge in [0.15, 0.2) is 5.13 Å². The summed E-state index contributed by atoms with van der Waals surface area (Å²) in [5, 5.41) is 4.88. The van der Waals surface area contributed by atoms with Crippen LogP contribution in [0.1, 0.15) is 16.8 Å². The topological polar surface area (TPSA) is 61.4 Å². The van der Waals surface area contributed by atoms with Gasteiger partial charge in [0.2, 0.25) is 0 Å². The molecule has 6 nitrogen and oxygen atoms in total. The Kier molecular flexibility index (Phi) is 7.79. The minimum Gasteiger partial charge on any atom is -0.360 e. The lowest BCUT2D eigenvalue weighted by atomic mass is 10.0. The first-order valence-electron chi connectivity index (χ1n) is 13.8. The lowest BCUT2D eigenvalue weighted by molar-refractivity contribution is 0.102. The van der Waals surface area contributed by atoms with Gasteiger partial charge in [-0.2, -0.15) is 0 Å². The molecule has 0 radical (unpaired) electrons. The van der Waals surface area contributed by atoms with Crippen LogP contribution in [0.3, 0.4) is 0 Å². The Morgan fingerprint density at radius 3 is 2.40 bits per heavy atom. The molecule has 0 aliphatic carbocycles. The van der Waals surface area contributed by atoms with Crippen LogP contribution < -0.4 is 15.1 Å². The van der Waals surface area contributed by atoms with Crippen molar-refractivity contribution in [3.05, 3.63) is 115 Å². The van der Waals surface area contributed by atoms with Crippen LogP contribution in [-0.2, 0) is 0 Å². The molecule has 1 amide bonds. The maximum atomic E-state index is 14.9. The van der Waals surface area contributed by atoms with Crippen LogP contribution in [0.5, 0.6) is 0 Å². The highest BCUT2D eigenvalue weighted by Gasteiger charge is 2.15. The van der Waals surface area contributed by atoms with Crippen LogP contribution in [0.15, 0.2) is 103 Å². The number of para-hydroxylation sites is 1. The van der Waals surface area contributed by atoms with E-state index >= 15 is 0 Å². The van der Waals surface area contributed by atoms with Crippen molar-refractivity contribution in [1.82, 2.24) is 9.97 Å². The van der Waals surface area contributed by atoms with Crippen molar-refractivity contribution < 1.29 is 9.18 Å². The quantitative estimate of drug-likeness (QED) is 0.190. The summed E-state index contributed by atoms with van der Waals surface area (Å²) in [6.07, 6.45) is 0.938. The second kappa shape index (κ2) is 12.0. The summed E-state index contributed by atoms with van der Waals surface area (Å²) < 4.78 is 15.8. The molecule has 210 valence electrons. The summed E-state index contributed by atoms with van der Waals surface area (Å²) in [7, 11) is 4.10. The highest BCUT2D eigenvalue weighted by atomic mass is 32.1. The molecular formula is C34H30FN5OS. The zero-order chi connectivity index (χ0) is 29.1. The molecule has 0 fully saturated rings. The van der Waals surface area contributed by atoms with E-state index in [-0.39, 0.29) is 5.56 Å². The molecule has 4 aromatic carbocycles. The lowest BCUT2D eigenvalue weighted by Crippen LogP contribution is -2.25. The van der Waals surface area contributed by atoms with Crippen LogP contribution in [0.25, 0.3) is 32.2 Å². The second-order valence-electron chi connectivity index (χ2n) is 10.3. The third-order valence-electron chi connectivity index (χ3n) is 7.24. The van der Waals surface area contributed by atoms with E-state index in [1.54, 1.807) is 23.5 Å². The Bertz CT molecular complexity index is 1870. The van der Waals surface area contributed by atoms with Gasteiger partial charge in [-0.15, -0.1) is 0 Å². The first kappa shape index (κ1) is 27.4. The van der Waals surface area contributed by atoms with Gasteiger partial charge in [0, 0.05) is 38.3 Å². The predicted octanol–water partition coefficient (Wildman–Crippen LogP) is 7.87. The number of aromatic nitrogens is 2. The number of anilines is 3. The molecule has 8 heteroatoms. The Balaban J connectivity index is 1.07. The summed E-state index contributed by atoms with van der Waals surface area (Å²) in [5.74, 6) is -0.0880. The van der Waals surface area contributed by atoms with Crippen molar-refractivity contribution in [3.8, 4) is 11.1 Å². The molecule has 0 bridgehead atoms. The molecule has 1 N–H and O–H groups in total. The second-order valence-corrected chi connectivity index (χ2v) is 11.3. The number of benzene rings is 4. The average Bonchev–Trinajstić information content (AvgIpc) is 3.45. The Labute approximate surface area is 248 Å². The van der Waals surface area contributed by atoms with Crippen molar-refractivity contribution in [2.75, 3.05) is 42.3 Å². The van der Waals surface area contributed by atoms with Gasteiger partial charge >= 0.3 is 0 Å². The van der Waals surface area contributed by atoms with E-state index in [0.717, 1.165) is 62.7 Å². The number of rotatable bonds is 9. The third kappa shape index (κ3) is 5.94. The van der Waals surface area contributed by atoms with Crippen molar-refractivity contribution in [1.29, 1.82) is 0 Å². The van der Waals surface area contributed by atoms with E-state index in [1.807, 2.05) is 67.7 Å². The summed E-state index contributed by atoms with van der Waals surface area (Å²) in [4.78, 5) is 26.8. The maximum absolute atomic E-state index is 14.9. The molecular weight excluding hydrogens is 545 g/mol. The number of pyridine rings is 1. The number of thiazole rings is 1. The molecule has 6 rings (SSSR count). The number of carbonyl (C=O) groups excluding carboxylic acids is 1. The summed E-state index contributed by atoms with van der Waals surface area (Å²) in [6, 6.07) is 32.1. The van der Waals surface area contributed by atoms with Crippen LogP contribution >= 0.6 is 11.3 Å². The Hall–Kier alpha value is -4.82.